The van der Waals surface area contributed by atoms with E-state index in [1.165, 1.54) is 90.1 Å². The van der Waals surface area contributed by atoms with Crippen LogP contribution in [0.1, 0.15) is 112 Å². The SMILES string of the molecule is CC(C)CCCCCC1C(C)[C@H]2C3C(C[C@@]3(N)[C@@H]1C)C(C)CN2CCC1CCCCC1. The third-order valence-electron chi connectivity index (χ3n) is 10.8. The minimum atomic E-state index is 0.127. The Labute approximate surface area is 194 Å². The Morgan fingerprint density at radius 1 is 0.968 bits per heavy atom. The second kappa shape index (κ2) is 10.0. The van der Waals surface area contributed by atoms with Gasteiger partial charge in [0, 0.05) is 18.1 Å². The molecule has 3 saturated carbocycles. The number of nitrogens with zero attached hydrogens (tertiary/aromatic N) is 1. The van der Waals surface area contributed by atoms with Crippen molar-refractivity contribution in [1.29, 1.82) is 0 Å². The highest BCUT2D eigenvalue weighted by Crippen LogP contribution is 2.62. The molecule has 1 aliphatic heterocycles. The van der Waals surface area contributed by atoms with Gasteiger partial charge in [0.1, 0.15) is 0 Å². The van der Waals surface area contributed by atoms with E-state index >= 15 is 0 Å². The summed E-state index contributed by atoms with van der Waals surface area (Å²) < 4.78 is 0. The third-order valence-corrected chi connectivity index (χ3v) is 10.8. The maximum atomic E-state index is 7.30. The van der Waals surface area contributed by atoms with Gasteiger partial charge in [-0.3, -0.25) is 4.90 Å². The Balaban J connectivity index is 1.41. The largest absolute Gasteiger partial charge is 0.325 e. The van der Waals surface area contributed by atoms with Crippen molar-refractivity contribution in [2.75, 3.05) is 13.1 Å². The lowest BCUT2D eigenvalue weighted by molar-refractivity contribution is -0.191. The molecule has 2 nitrogen and oxygen atoms in total. The highest BCUT2D eigenvalue weighted by Gasteiger charge is 2.66. The molecule has 2 N–H and O–H groups in total. The summed E-state index contributed by atoms with van der Waals surface area (Å²) in [6.07, 6.45) is 17.2. The first-order valence-electron chi connectivity index (χ1n) is 14.4. The van der Waals surface area contributed by atoms with Crippen LogP contribution >= 0.6 is 0 Å². The number of nitrogens with two attached hydrogens (primary N) is 1. The van der Waals surface area contributed by atoms with Gasteiger partial charge >= 0.3 is 0 Å². The van der Waals surface area contributed by atoms with E-state index in [1.54, 1.807) is 0 Å². The van der Waals surface area contributed by atoms with Crippen molar-refractivity contribution >= 4 is 0 Å². The number of piperidine rings is 1. The van der Waals surface area contributed by atoms with Crippen LogP contribution in [0, 0.1) is 47.3 Å². The fraction of sp³-hybridized carbons (Fsp3) is 1.00. The summed E-state index contributed by atoms with van der Waals surface area (Å²) >= 11 is 0. The standard InChI is InChI=1S/C29H54N2/c1-20(2)12-8-6-11-15-25-22(4)28-27-26(18-29(27,30)23(25)5)21(3)19-31(28)17-16-24-13-9-7-10-14-24/h20-28H,6-19,30H2,1-5H3/t21?,22?,23-,25?,26?,27?,28+,29-/m1/s1. The molecule has 1 heterocycles. The van der Waals surface area contributed by atoms with Crippen LogP contribution < -0.4 is 5.73 Å². The van der Waals surface area contributed by atoms with Crippen LogP contribution in [0.25, 0.3) is 0 Å². The molecule has 4 aliphatic rings. The molecule has 3 aliphatic carbocycles. The Morgan fingerprint density at radius 2 is 1.71 bits per heavy atom. The maximum absolute atomic E-state index is 7.30. The molecular weight excluding hydrogens is 376 g/mol. The van der Waals surface area contributed by atoms with Crippen molar-refractivity contribution in [2.24, 2.45) is 53.1 Å². The van der Waals surface area contributed by atoms with Gasteiger partial charge in [0.2, 0.25) is 0 Å². The van der Waals surface area contributed by atoms with Crippen molar-refractivity contribution in [3.8, 4) is 0 Å². The molecule has 5 unspecified atom stereocenters. The highest BCUT2D eigenvalue weighted by atomic mass is 15.2. The van der Waals surface area contributed by atoms with E-state index in [-0.39, 0.29) is 5.54 Å². The summed E-state index contributed by atoms with van der Waals surface area (Å²) in [5.74, 6) is 6.73. The zero-order valence-corrected chi connectivity index (χ0v) is 21.6. The predicted octanol–water partition coefficient (Wildman–Crippen LogP) is 7.12. The second-order valence-electron chi connectivity index (χ2n) is 13.1. The Morgan fingerprint density at radius 3 is 2.42 bits per heavy atom. The van der Waals surface area contributed by atoms with E-state index in [0.29, 0.717) is 5.92 Å². The topological polar surface area (TPSA) is 29.3 Å². The van der Waals surface area contributed by atoms with Gasteiger partial charge in [-0.2, -0.15) is 0 Å². The van der Waals surface area contributed by atoms with Crippen molar-refractivity contribution in [3.63, 3.8) is 0 Å². The van der Waals surface area contributed by atoms with Gasteiger partial charge in [-0.1, -0.05) is 92.4 Å². The maximum Gasteiger partial charge on any atom is 0.0232 e. The Kier molecular flexibility index (Phi) is 7.79. The van der Waals surface area contributed by atoms with Crippen molar-refractivity contribution in [2.45, 2.75) is 123 Å². The average Bonchev–Trinajstić information content (AvgIpc) is 2.74. The molecule has 0 radical (unpaired) electrons. The van der Waals surface area contributed by atoms with Crippen molar-refractivity contribution < 1.29 is 0 Å². The van der Waals surface area contributed by atoms with E-state index in [1.807, 2.05) is 0 Å². The first kappa shape index (κ1) is 24.1. The molecule has 0 amide bonds. The van der Waals surface area contributed by atoms with Crippen LogP contribution in [0.2, 0.25) is 0 Å². The van der Waals surface area contributed by atoms with E-state index in [2.05, 4.69) is 39.5 Å². The van der Waals surface area contributed by atoms with Gasteiger partial charge < -0.3 is 5.73 Å². The van der Waals surface area contributed by atoms with Gasteiger partial charge in [0.05, 0.1) is 0 Å². The minimum absolute atomic E-state index is 0.127. The van der Waals surface area contributed by atoms with Crippen LogP contribution in [0.5, 0.6) is 0 Å². The number of hydrogen-bond acceptors (Lipinski definition) is 2. The molecular formula is C29H54N2. The fourth-order valence-electron chi connectivity index (χ4n) is 8.83. The molecule has 180 valence electrons. The first-order valence-corrected chi connectivity index (χ1v) is 14.4. The lowest BCUT2D eigenvalue weighted by Crippen LogP contribution is -2.79. The normalized spacial score (nSPS) is 43.6. The van der Waals surface area contributed by atoms with Crippen LogP contribution in [-0.4, -0.2) is 29.6 Å². The van der Waals surface area contributed by atoms with E-state index in [9.17, 15) is 0 Å². The Bertz CT molecular complexity index is 567. The lowest BCUT2D eigenvalue weighted by atomic mass is 9.41. The van der Waals surface area contributed by atoms with E-state index < -0.39 is 0 Å². The Hall–Kier alpha value is -0.0800. The highest BCUT2D eigenvalue weighted by molar-refractivity contribution is 5.20. The smallest absolute Gasteiger partial charge is 0.0232 e. The van der Waals surface area contributed by atoms with E-state index in [0.717, 1.165) is 47.5 Å². The molecule has 0 spiro atoms. The first-order chi connectivity index (χ1) is 14.8. The van der Waals surface area contributed by atoms with Crippen LogP contribution in [0.3, 0.4) is 0 Å². The summed E-state index contributed by atoms with van der Waals surface area (Å²) in [6, 6.07) is 0.764. The van der Waals surface area contributed by atoms with Gasteiger partial charge in [0.25, 0.3) is 0 Å². The summed E-state index contributed by atoms with van der Waals surface area (Å²) in [4.78, 5) is 2.98. The third kappa shape index (κ3) is 4.77. The minimum Gasteiger partial charge on any atom is -0.325 e. The van der Waals surface area contributed by atoms with Gasteiger partial charge in [-0.15, -0.1) is 0 Å². The van der Waals surface area contributed by atoms with Gasteiger partial charge in [-0.25, -0.2) is 0 Å². The van der Waals surface area contributed by atoms with Crippen LogP contribution in [0.4, 0.5) is 0 Å². The average molecular weight is 431 g/mol. The van der Waals surface area contributed by atoms with Crippen LogP contribution in [-0.2, 0) is 0 Å². The van der Waals surface area contributed by atoms with E-state index in [4.69, 9.17) is 5.73 Å². The zero-order valence-electron chi connectivity index (χ0n) is 21.6. The summed E-state index contributed by atoms with van der Waals surface area (Å²) in [7, 11) is 0. The molecule has 4 rings (SSSR count). The molecule has 1 saturated heterocycles. The molecule has 8 atom stereocenters. The molecule has 0 aromatic carbocycles. The number of rotatable bonds is 9. The number of hydrogen-bond donors (Lipinski definition) is 1. The molecule has 2 heteroatoms. The molecule has 31 heavy (non-hydrogen) atoms. The fourth-order valence-corrected chi connectivity index (χ4v) is 8.83. The van der Waals surface area contributed by atoms with Crippen LogP contribution in [0.15, 0.2) is 0 Å². The number of unbranched alkanes of at least 4 members (excludes halogenated alkanes) is 2. The molecule has 0 aromatic rings. The summed E-state index contributed by atoms with van der Waals surface area (Å²) in [6.45, 7) is 15.1. The zero-order chi connectivity index (χ0) is 22.2. The quantitative estimate of drug-likeness (QED) is 0.395. The molecule has 0 bridgehead atoms. The summed E-state index contributed by atoms with van der Waals surface area (Å²) in [5, 5.41) is 0. The van der Waals surface area contributed by atoms with Crippen molar-refractivity contribution in [1.82, 2.24) is 4.90 Å². The lowest BCUT2D eigenvalue weighted by Gasteiger charge is -2.71. The summed E-state index contributed by atoms with van der Waals surface area (Å²) in [5.41, 5.74) is 7.43. The molecule has 0 aromatic heterocycles. The van der Waals surface area contributed by atoms with Gasteiger partial charge in [0.15, 0.2) is 0 Å². The second-order valence-corrected chi connectivity index (χ2v) is 13.1. The number of likely N-dealkylation sites (tertiary alicyclic amines) is 1. The van der Waals surface area contributed by atoms with Crippen molar-refractivity contribution in [3.05, 3.63) is 0 Å². The monoisotopic (exact) mass is 430 g/mol. The molecule has 4 fully saturated rings. The predicted molar refractivity (Wildman–Crippen MR) is 134 cm³/mol. The van der Waals surface area contributed by atoms with Gasteiger partial charge in [-0.05, 0) is 73.2 Å².